The first-order chi connectivity index (χ1) is 5.81. The maximum Gasteiger partial charge on any atom is 0.315 e. The van der Waals surface area contributed by atoms with Crippen LogP contribution in [0.2, 0.25) is 0 Å². The molecule has 0 aromatic rings. The highest BCUT2D eigenvalue weighted by Crippen LogP contribution is 2.51. The number of amides is 2. The van der Waals surface area contributed by atoms with Crippen molar-refractivity contribution in [1.82, 2.24) is 10.6 Å². The van der Waals surface area contributed by atoms with E-state index in [-0.39, 0.29) is 6.03 Å². The number of carbonyl (C=O) groups is 1. The van der Waals surface area contributed by atoms with Crippen molar-refractivity contribution in [1.29, 1.82) is 0 Å². The van der Waals surface area contributed by atoms with Crippen LogP contribution in [0.25, 0.3) is 0 Å². The molecule has 0 spiro atoms. The minimum Gasteiger partial charge on any atom is -0.338 e. The lowest BCUT2D eigenvalue weighted by molar-refractivity contribution is 0.236. The standard InChI is InChI=1S/C9H16N2O/c1-2-10-9(12)11-8-4-3-6-5-7(6)8/h6-8H,2-5H2,1H3,(H2,10,11,12). The summed E-state index contributed by atoms with van der Waals surface area (Å²) in [4.78, 5) is 11.1. The second-order valence-electron chi connectivity index (χ2n) is 3.85. The average molecular weight is 168 g/mol. The van der Waals surface area contributed by atoms with Crippen LogP contribution < -0.4 is 10.6 Å². The first-order valence-corrected chi connectivity index (χ1v) is 4.85. The molecule has 2 aliphatic rings. The zero-order chi connectivity index (χ0) is 8.55. The lowest BCUT2D eigenvalue weighted by Gasteiger charge is -2.13. The number of hydrogen-bond donors (Lipinski definition) is 2. The molecule has 0 bridgehead atoms. The fraction of sp³-hybridized carbons (Fsp3) is 0.889. The number of carbonyl (C=O) groups excluding carboxylic acids is 1. The Hall–Kier alpha value is -0.730. The molecule has 0 saturated heterocycles. The van der Waals surface area contributed by atoms with E-state index in [9.17, 15) is 4.79 Å². The third kappa shape index (κ3) is 1.40. The predicted octanol–water partition coefficient (Wildman–Crippen LogP) is 1.10. The molecule has 2 fully saturated rings. The number of nitrogens with one attached hydrogen (secondary N) is 2. The summed E-state index contributed by atoms with van der Waals surface area (Å²) in [6, 6.07) is 0.483. The Labute approximate surface area is 72.9 Å². The van der Waals surface area contributed by atoms with Crippen LogP contribution in [0.5, 0.6) is 0 Å². The lowest BCUT2D eigenvalue weighted by atomic mass is 10.2. The van der Waals surface area contributed by atoms with Crippen molar-refractivity contribution in [3.63, 3.8) is 0 Å². The molecule has 68 valence electrons. The van der Waals surface area contributed by atoms with Gasteiger partial charge in [-0.2, -0.15) is 0 Å². The van der Waals surface area contributed by atoms with Crippen LogP contribution in [0.15, 0.2) is 0 Å². The summed E-state index contributed by atoms with van der Waals surface area (Å²) in [5.41, 5.74) is 0. The monoisotopic (exact) mass is 168 g/mol. The molecule has 3 nitrogen and oxygen atoms in total. The molecule has 3 atom stereocenters. The van der Waals surface area contributed by atoms with Crippen LogP contribution >= 0.6 is 0 Å². The van der Waals surface area contributed by atoms with E-state index in [2.05, 4.69) is 10.6 Å². The SMILES string of the molecule is CCNC(=O)NC1CCC2CC21. The number of fused-ring (bicyclic) bond motifs is 1. The molecule has 12 heavy (non-hydrogen) atoms. The van der Waals surface area contributed by atoms with Gasteiger partial charge < -0.3 is 10.6 Å². The Kier molecular flexibility index (Phi) is 1.95. The molecule has 2 saturated carbocycles. The van der Waals surface area contributed by atoms with Crippen LogP contribution in [0.4, 0.5) is 4.79 Å². The van der Waals surface area contributed by atoms with Crippen molar-refractivity contribution in [3.05, 3.63) is 0 Å². The van der Waals surface area contributed by atoms with E-state index < -0.39 is 0 Å². The Morgan fingerprint density at radius 1 is 1.50 bits per heavy atom. The summed E-state index contributed by atoms with van der Waals surface area (Å²) in [6.07, 6.45) is 3.85. The fourth-order valence-electron chi connectivity index (χ4n) is 2.26. The number of urea groups is 1. The highest BCUT2D eigenvalue weighted by atomic mass is 16.2. The molecule has 0 aromatic carbocycles. The molecule has 3 heteroatoms. The summed E-state index contributed by atoms with van der Waals surface area (Å²) < 4.78 is 0. The van der Waals surface area contributed by atoms with Gasteiger partial charge in [0.2, 0.25) is 0 Å². The third-order valence-corrected chi connectivity index (χ3v) is 3.00. The van der Waals surface area contributed by atoms with E-state index >= 15 is 0 Å². The van der Waals surface area contributed by atoms with E-state index in [0.717, 1.165) is 11.8 Å². The zero-order valence-corrected chi connectivity index (χ0v) is 7.47. The Balaban J connectivity index is 1.75. The zero-order valence-electron chi connectivity index (χ0n) is 7.47. The smallest absolute Gasteiger partial charge is 0.315 e. The average Bonchev–Trinajstić information content (AvgIpc) is 2.71. The van der Waals surface area contributed by atoms with Gasteiger partial charge in [-0.05, 0) is 38.0 Å². The molecule has 0 aliphatic heterocycles. The summed E-state index contributed by atoms with van der Waals surface area (Å²) in [5.74, 6) is 1.75. The van der Waals surface area contributed by atoms with Gasteiger partial charge in [-0.3, -0.25) is 0 Å². The Morgan fingerprint density at radius 3 is 2.83 bits per heavy atom. The molecule has 2 rings (SSSR count). The molecule has 2 N–H and O–H groups in total. The first-order valence-electron chi connectivity index (χ1n) is 4.85. The number of hydrogen-bond acceptors (Lipinski definition) is 1. The maximum atomic E-state index is 11.1. The quantitative estimate of drug-likeness (QED) is 0.637. The maximum absolute atomic E-state index is 11.1. The van der Waals surface area contributed by atoms with Crippen molar-refractivity contribution in [2.45, 2.75) is 32.2 Å². The molecule has 3 unspecified atom stereocenters. The summed E-state index contributed by atoms with van der Waals surface area (Å²) >= 11 is 0. The third-order valence-electron chi connectivity index (χ3n) is 3.00. The van der Waals surface area contributed by atoms with Gasteiger partial charge in [-0.1, -0.05) is 0 Å². The van der Waals surface area contributed by atoms with E-state index in [0.29, 0.717) is 12.6 Å². The highest BCUT2D eigenvalue weighted by molar-refractivity contribution is 5.74. The van der Waals surface area contributed by atoms with E-state index in [1.165, 1.54) is 19.3 Å². The topological polar surface area (TPSA) is 41.1 Å². The second kappa shape index (κ2) is 2.96. The molecular weight excluding hydrogens is 152 g/mol. The van der Waals surface area contributed by atoms with E-state index in [4.69, 9.17) is 0 Å². The molecule has 0 heterocycles. The largest absolute Gasteiger partial charge is 0.338 e. The first kappa shape index (κ1) is 7.90. The summed E-state index contributed by atoms with van der Waals surface area (Å²) in [7, 11) is 0. The Bertz CT molecular complexity index is 193. The van der Waals surface area contributed by atoms with Crippen molar-refractivity contribution >= 4 is 6.03 Å². The van der Waals surface area contributed by atoms with Crippen molar-refractivity contribution in [2.75, 3.05) is 6.54 Å². The Morgan fingerprint density at radius 2 is 2.33 bits per heavy atom. The van der Waals surface area contributed by atoms with Crippen LogP contribution in [-0.2, 0) is 0 Å². The summed E-state index contributed by atoms with van der Waals surface area (Å²) in [6.45, 7) is 2.65. The van der Waals surface area contributed by atoms with Crippen LogP contribution in [0.3, 0.4) is 0 Å². The number of rotatable bonds is 2. The second-order valence-corrected chi connectivity index (χ2v) is 3.85. The highest BCUT2D eigenvalue weighted by Gasteiger charge is 2.48. The molecular formula is C9H16N2O. The normalized spacial score (nSPS) is 37.2. The minimum atomic E-state index is 0.00931. The van der Waals surface area contributed by atoms with Crippen molar-refractivity contribution < 1.29 is 4.79 Å². The van der Waals surface area contributed by atoms with Crippen LogP contribution in [0, 0.1) is 11.8 Å². The molecule has 0 radical (unpaired) electrons. The van der Waals surface area contributed by atoms with Crippen molar-refractivity contribution in [3.8, 4) is 0 Å². The van der Waals surface area contributed by atoms with E-state index in [1.807, 2.05) is 6.92 Å². The molecule has 2 aliphatic carbocycles. The van der Waals surface area contributed by atoms with Gasteiger partial charge in [0.05, 0.1) is 0 Å². The summed E-state index contributed by atoms with van der Waals surface area (Å²) in [5, 5.41) is 5.78. The van der Waals surface area contributed by atoms with Gasteiger partial charge >= 0.3 is 6.03 Å². The van der Waals surface area contributed by atoms with Gasteiger partial charge in [0.25, 0.3) is 0 Å². The molecule has 2 amide bonds. The van der Waals surface area contributed by atoms with Crippen LogP contribution in [0.1, 0.15) is 26.2 Å². The van der Waals surface area contributed by atoms with Crippen LogP contribution in [-0.4, -0.2) is 18.6 Å². The van der Waals surface area contributed by atoms with Gasteiger partial charge in [0.1, 0.15) is 0 Å². The van der Waals surface area contributed by atoms with Gasteiger partial charge in [-0.25, -0.2) is 4.79 Å². The van der Waals surface area contributed by atoms with Gasteiger partial charge in [0.15, 0.2) is 0 Å². The van der Waals surface area contributed by atoms with E-state index in [1.54, 1.807) is 0 Å². The lowest BCUT2D eigenvalue weighted by Crippen LogP contribution is -2.42. The van der Waals surface area contributed by atoms with Gasteiger partial charge in [-0.15, -0.1) is 0 Å². The van der Waals surface area contributed by atoms with Crippen molar-refractivity contribution in [2.24, 2.45) is 11.8 Å². The van der Waals surface area contributed by atoms with Gasteiger partial charge in [0, 0.05) is 12.6 Å². The molecule has 0 aromatic heterocycles. The fourth-order valence-corrected chi connectivity index (χ4v) is 2.26. The predicted molar refractivity (Wildman–Crippen MR) is 46.8 cm³/mol. The minimum absolute atomic E-state index is 0.00931.